The van der Waals surface area contributed by atoms with Gasteiger partial charge in [0.1, 0.15) is 5.82 Å². The van der Waals surface area contributed by atoms with Crippen LogP contribution in [0.2, 0.25) is 0 Å². The first-order valence-electron chi connectivity index (χ1n) is 9.39. The van der Waals surface area contributed by atoms with Gasteiger partial charge in [-0.1, -0.05) is 38.1 Å². The zero-order chi connectivity index (χ0) is 17.4. The van der Waals surface area contributed by atoms with Crippen LogP contribution >= 0.6 is 0 Å². The average Bonchev–Trinajstić information content (AvgIpc) is 2.89. The first-order chi connectivity index (χ1) is 12.1. The molecule has 1 aliphatic heterocycles. The van der Waals surface area contributed by atoms with E-state index in [1.54, 1.807) is 0 Å². The molecule has 2 heterocycles. The Hall–Kier alpha value is -1.78. The molecule has 1 unspecified atom stereocenters. The monoisotopic (exact) mass is 337 g/mol. The summed E-state index contributed by atoms with van der Waals surface area (Å²) in [5.74, 6) is 1.28. The van der Waals surface area contributed by atoms with Gasteiger partial charge in [0, 0.05) is 24.1 Å². The molecule has 1 aliphatic carbocycles. The third-order valence-corrected chi connectivity index (χ3v) is 5.99. The highest BCUT2D eigenvalue weighted by Gasteiger charge is 2.47. The van der Waals surface area contributed by atoms with Gasteiger partial charge in [-0.2, -0.15) is 0 Å². The lowest BCUT2D eigenvalue weighted by atomic mass is 9.72. The van der Waals surface area contributed by atoms with Crippen LogP contribution in [0.1, 0.15) is 55.3 Å². The van der Waals surface area contributed by atoms with Crippen LogP contribution < -0.4 is 0 Å². The van der Waals surface area contributed by atoms with Crippen LogP contribution in [0.4, 0.5) is 0 Å². The van der Waals surface area contributed by atoms with Gasteiger partial charge in [-0.3, -0.25) is 4.90 Å². The molecule has 1 fully saturated rings. The van der Waals surface area contributed by atoms with Crippen molar-refractivity contribution in [3.8, 4) is 0 Å². The summed E-state index contributed by atoms with van der Waals surface area (Å²) < 4.78 is 0. The molecule has 132 valence electrons. The fourth-order valence-corrected chi connectivity index (χ4v) is 4.49. The van der Waals surface area contributed by atoms with Crippen molar-refractivity contribution in [2.45, 2.75) is 57.1 Å². The van der Waals surface area contributed by atoms with Gasteiger partial charge in [-0.15, -0.1) is 0 Å². The second kappa shape index (κ2) is 6.50. The van der Waals surface area contributed by atoms with Crippen LogP contribution in [0.3, 0.4) is 0 Å². The Labute approximate surface area is 149 Å². The topological polar surface area (TPSA) is 49.2 Å². The maximum absolute atomic E-state index is 10.8. The number of rotatable bonds is 3. The number of nitrogens with zero attached hydrogens (tertiary/aromatic N) is 3. The highest BCUT2D eigenvalue weighted by Crippen LogP contribution is 2.46. The largest absolute Gasteiger partial charge is 0.392 e. The molecule has 1 aromatic heterocycles. The van der Waals surface area contributed by atoms with Crippen LogP contribution in [0.15, 0.2) is 36.5 Å². The van der Waals surface area contributed by atoms with Crippen molar-refractivity contribution >= 4 is 0 Å². The zero-order valence-electron chi connectivity index (χ0n) is 15.2. The summed E-state index contributed by atoms with van der Waals surface area (Å²) in [6.45, 7) is 7.14. The molecule has 1 aromatic carbocycles. The Morgan fingerprint density at radius 1 is 1.20 bits per heavy atom. The van der Waals surface area contributed by atoms with E-state index >= 15 is 0 Å². The summed E-state index contributed by atoms with van der Waals surface area (Å²) >= 11 is 0. The fraction of sp³-hybridized carbons (Fsp3) is 0.524. The Morgan fingerprint density at radius 3 is 2.72 bits per heavy atom. The highest BCUT2D eigenvalue weighted by atomic mass is 16.3. The number of aliphatic hydroxyl groups excluding tert-OH is 1. The van der Waals surface area contributed by atoms with Gasteiger partial charge in [0.05, 0.1) is 11.8 Å². The normalized spacial score (nSPS) is 22.5. The number of hydrogen-bond acceptors (Lipinski definition) is 4. The molecular formula is C21H27N3O. The average molecular weight is 337 g/mol. The number of likely N-dealkylation sites (tertiary alicyclic amines) is 1. The lowest BCUT2D eigenvalue weighted by molar-refractivity contribution is 0.0410. The van der Waals surface area contributed by atoms with E-state index in [1.807, 2.05) is 12.3 Å². The summed E-state index contributed by atoms with van der Waals surface area (Å²) in [6, 6.07) is 10.6. The molecule has 4 heteroatoms. The Kier molecular flexibility index (Phi) is 4.34. The van der Waals surface area contributed by atoms with Crippen molar-refractivity contribution in [2.75, 3.05) is 13.1 Å². The van der Waals surface area contributed by atoms with E-state index in [9.17, 15) is 5.11 Å². The molecule has 25 heavy (non-hydrogen) atoms. The smallest absolute Gasteiger partial charge is 0.131 e. The first-order valence-corrected chi connectivity index (χ1v) is 9.39. The maximum Gasteiger partial charge on any atom is 0.131 e. The zero-order valence-corrected chi connectivity index (χ0v) is 15.2. The van der Waals surface area contributed by atoms with Crippen molar-refractivity contribution in [1.29, 1.82) is 0 Å². The molecular weight excluding hydrogens is 310 g/mol. The first kappa shape index (κ1) is 16.7. The molecule has 1 spiro atoms. The maximum atomic E-state index is 10.8. The van der Waals surface area contributed by atoms with Gasteiger partial charge in [0.15, 0.2) is 0 Å². The van der Waals surface area contributed by atoms with E-state index in [1.165, 1.54) is 11.1 Å². The molecule has 2 aliphatic rings. The van der Waals surface area contributed by atoms with E-state index in [4.69, 9.17) is 4.98 Å². The molecule has 0 amide bonds. The summed E-state index contributed by atoms with van der Waals surface area (Å²) in [5.41, 5.74) is 3.77. The standard InChI is InChI=1S/C21H27N3O/c1-15(2)20-22-10-7-17(23-20)14-24-11-8-21(9-12-24)18-6-4-3-5-16(18)13-19(21)25/h3-7,10,15,19,25H,8-9,11-14H2,1-2H3. The van der Waals surface area contributed by atoms with E-state index < -0.39 is 0 Å². The molecule has 2 aromatic rings. The number of fused-ring (bicyclic) bond motifs is 2. The van der Waals surface area contributed by atoms with Gasteiger partial charge in [0.25, 0.3) is 0 Å². The lowest BCUT2D eigenvalue weighted by Crippen LogP contribution is -2.47. The molecule has 0 bridgehead atoms. The van der Waals surface area contributed by atoms with Gasteiger partial charge >= 0.3 is 0 Å². The minimum atomic E-state index is -0.237. The minimum absolute atomic E-state index is 0.0398. The Bertz CT molecular complexity index is 750. The lowest BCUT2D eigenvalue weighted by Gasteiger charge is -2.42. The summed E-state index contributed by atoms with van der Waals surface area (Å²) in [7, 11) is 0. The third kappa shape index (κ3) is 2.98. The SMILES string of the molecule is CC(C)c1nccc(CN2CCC3(CC2)c2ccccc2CC3O)n1. The van der Waals surface area contributed by atoms with Crippen LogP contribution in [0.5, 0.6) is 0 Å². The summed E-state index contributed by atoms with van der Waals surface area (Å²) in [4.78, 5) is 11.5. The van der Waals surface area contributed by atoms with E-state index in [0.29, 0.717) is 5.92 Å². The fourth-order valence-electron chi connectivity index (χ4n) is 4.49. The van der Waals surface area contributed by atoms with Gasteiger partial charge in [0.2, 0.25) is 0 Å². The van der Waals surface area contributed by atoms with Gasteiger partial charge in [-0.05, 0) is 49.5 Å². The van der Waals surface area contributed by atoms with Crippen LogP contribution in [-0.2, 0) is 18.4 Å². The van der Waals surface area contributed by atoms with Crippen molar-refractivity contribution in [2.24, 2.45) is 0 Å². The summed E-state index contributed by atoms with van der Waals surface area (Å²) in [5, 5.41) is 10.8. The number of aromatic nitrogens is 2. The summed E-state index contributed by atoms with van der Waals surface area (Å²) in [6.07, 6.45) is 4.49. The van der Waals surface area contributed by atoms with Crippen molar-refractivity contribution < 1.29 is 5.11 Å². The predicted molar refractivity (Wildman–Crippen MR) is 98.5 cm³/mol. The van der Waals surface area contributed by atoms with Gasteiger partial charge in [-0.25, -0.2) is 9.97 Å². The van der Waals surface area contributed by atoms with Crippen LogP contribution in [0, 0.1) is 0 Å². The van der Waals surface area contributed by atoms with Gasteiger partial charge < -0.3 is 5.11 Å². The van der Waals surface area contributed by atoms with E-state index in [0.717, 1.165) is 50.4 Å². The van der Waals surface area contributed by atoms with Crippen LogP contribution in [-0.4, -0.2) is 39.2 Å². The molecule has 0 saturated carbocycles. The van der Waals surface area contributed by atoms with Crippen molar-refractivity contribution in [3.05, 3.63) is 59.2 Å². The highest BCUT2D eigenvalue weighted by molar-refractivity contribution is 5.42. The van der Waals surface area contributed by atoms with Crippen molar-refractivity contribution in [3.63, 3.8) is 0 Å². The molecule has 1 N–H and O–H groups in total. The number of hydrogen-bond donors (Lipinski definition) is 1. The number of piperidine rings is 1. The minimum Gasteiger partial charge on any atom is -0.392 e. The molecule has 1 saturated heterocycles. The van der Waals surface area contributed by atoms with E-state index in [2.05, 4.69) is 48.0 Å². The quantitative estimate of drug-likeness (QED) is 0.935. The third-order valence-electron chi connectivity index (χ3n) is 5.99. The van der Waals surface area contributed by atoms with Crippen LogP contribution in [0.25, 0.3) is 0 Å². The van der Waals surface area contributed by atoms with Crippen molar-refractivity contribution in [1.82, 2.24) is 14.9 Å². The second-order valence-corrected chi connectivity index (χ2v) is 7.87. The number of aliphatic hydroxyl groups is 1. The molecule has 0 radical (unpaired) electrons. The Balaban J connectivity index is 1.46. The van der Waals surface area contributed by atoms with E-state index in [-0.39, 0.29) is 11.5 Å². The Morgan fingerprint density at radius 2 is 1.96 bits per heavy atom. The molecule has 4 nitrogen and oxygen atoms in total. The second-order valence-electron chi connectivity index (χ2n) is 7.87. The molecule has 1 atom stereocenters. The number of benzene rings is 1. The molecule has 4 rings (SSSR count). The predicted octanol–water partition coefficient (Wildman–Crippen LogP) is 3.05.